The Morgan fingerprint density at radius 1 is 1.30 bits per heavy atom. The lowest BCUT2D eigenvalue weighted by molar-refractivity contribution is -0.115. The van der Waals surface area contributed by atoms with Gasteiger partial charge in [-0.25, -0.2) is 0 Å². The molecule has 0 radical (unpaired) electrons. The number of amides is 1. The summed E-state index contributed by atoms with van der Waals surface area (Å²) in [5.41, 5.74) is 0.554. The average Bonchev–Trinajstić information content (AvgIpc) is 2.50. The number of rotatable bonds is 5. The zero-order chi connectivity index (χ0) is 16.9. The van der Waals surface area contributed by atoms with Crippen molar-refractivity contribution in [2.75, 3.05) is 25.0 Å². The van der Waals surface area contributed by atoms with E-state index < -0.39 is 9.70 Å². The summed E-state index contributed by atoms with van der Waals surface area (Å²) in [5.74, 6) is 0.0665. The van der Waals surface area contributed by atoms with Crippen molar-refractivity contribution in [3.8, 4) is 5.75 Å². The molecule has 0 spiro atoms. The zero-order valence-corrected chi connectivity index (χ0v) is 15.3. The number of carbonyl (C=O) groups is 1. The first-order valence-corrected chi connectivity index (χ1v) is 8.85. The standard InChI is InChI=1S/C16H21Cl3N2O2/c1-12-4-2-3-9-21(12)10-11-23-14-7-5-13(6-8-14)20-15(22)16(17,18)19/h5-8,12H,2-4,9-11H2,1H3,(H,20,22)/t12-/m0/s1. The van der Waals surface area contributed by atoms with Crippen molar-refractivity contribution in [2.45, 2.75) is 36.0 Å². The second-order valence-corrected chi connectivity index (χ2v) is 7.99. The van der Waals surface area contributed by atoms with Crippen molar-refractivity contribution in [3.05, 3.63) is 24.3 Å². The van der Waals surface area contributed by atoms with Crippen LogP contribution in [0.4, 0.5) is 5.69 Å². The van der Waals surface area contributed by atoms with Crippen LogP contribution >= 0.6 is 34.8 Å². The summed E-state index contributed by atoms with van der Waals surface area (Å²) in [7, 11) is 0. The van der Waals surface area contributed by atoms with E-state index in [4.69, 9.17) is 39.5 Å². The molecule has 2 rings (SSSR count). The van der Waals surface area contributed by atoms with E-state index in [9.17, 15) is 4.79 Å². The first kappa shape index (κ1) is 18.7. The normalized spacial score (nSPS) is 19.4. The van der Waals surface area contributed by atoms with Crippen molar-refractivity contribution >= 4 is 46.4 Å². The van der Waals surface area contributed by atoms with Gasteiger partial charge in [-0.15, -0.1) is 0 Å². The highest BCUT2D eigenvalue weighted by atomic mass is 35.6. The van der Waals surface area contributed by atoms with Crippen LogP contribution in [-0.4, -0.2) is 40.3 Å². The predicted octanol–water partition coefficient (Wildman–Crippen LogP) is 4.25. The fourth-order valence-electron chi connectivity index (χ4n) is 2.61. The third kappa shape index (κ3) is 6.03. The van der Waals surface area contributed by atoms with Crippen molar-refractivity contribution in [1.82, 2.24) is 4.90 Å². The van der Waals surface area contributed by atoms with Gasteiger partial charge in [0.05, 0.1) is 0 Å². The van der Waals surface area contributed by atoms with Crippen molar-refractivity contribution < 1.29 is 9.53 Å². The maximum absolute atomic E-state index is 11.6. The van der Waals surface area contributed by atoms with Gasteiger partial charge in [-0.2, -0.15) is 0 Å². The maximum Gasteiger partial charge on any atom is 0.276 e. The van der Waals surface area contributed by atoms with Crippen LogP contribution in [0, 0.1) is 0 Å². The quantitative estimate of drug-likeness (QED) is 0.778. The van der Waals surface area contributed by atoms with Gasteiger partial charge in [0, 0.05) is 18.3 Å². The van der Waals surface area contributed by atoms with E-state index in [1.54, 1.807) is 24.3 Å². The predicted molar refractivity (Wildman–Crippen MR) is 95.7 cm³/mol. The van der Waals surface area contributed by atoms with Crippen LogP contribution in [0.1, 0.15) is 26.2 Å². The van der Waals surface area contributed by atoms with E-state index in [-0.39, 0.29) is 0 Å². The number of anilines is 1. The van der Waals surface area contributed by atoms with E-state index in [1.807, 2.05) is 0 Å². The summed E-state index contributed by atoms with van der Waals surface area (Å²) in [6, 6.07) is 7.63. The molecule has 1 aliphatic heterocycles. The largest absolute Gasteiger partial charge is 0.492 e. The molecule has 1 heterocycles. The SMILES string of the molecule is C[C@H]1CCCCN1CCOc1ccc(NC(=O)C(Cl)(Cl)Cl)cc1. The summed E-state index contributed by atoms with van der Waals surface area (Å²) < 4.78 is 3.78. The van der Waals surface area contributed by atoms with Gasteiger partial charge in [-0.05, 0) is 50.6 Å². The summed E-state index contributed by atoms with van der Waals surface area (Å²) in [6.07, 6.45) is 3.85. The molecule has 23 heavy (non-hydrogen) atoms. The molecule has 1 saturated heterocycles. The molecule has 0 aliphatic carbocycles. The molecule has 1 aliphatic rings. The molecule has 0 bridgehead atoms. The van der Waals surface area contributed by atoms with E-state index in [1.165, 1.54) is 19.3 Å². The Labute approximate surface area is 152 Å². The lowest BCUT2D eigenvalue weighted by atomic mass is 10.0. The summed E-state index contributed by atoms with van der Waals surface area (Å²) in [6.45, 7) is 4.98. The van der Waals surface area contributed by atoms with Gasteiger partial charge in [-0.1, -0.05) is 41.2 Å². The Kier molecular flexibility index (Phi) is 6.84. The van der Waals surface area contributed by atoms with Gasteiger partial charge in [0.25, 0.3) is 9.70 Å². The summed E-state index contributed by atoms with van der Waals surface area (Å²) in [4.78, 5) is 14.0. The van der Waals surface area contributed by atoms with Gasteiger partial charge in [0.1, 0.15) is 12.4 Å². The van der Waals surface area contributed by atoms with E-state index in [2.05, 4.69) is 17.1 Å². The molecule has 4 nitrogen and oxygen atoms in total. The lowest BCUT2D eigenvalue weighted by Crippen LogP contribution is -2.39. The molecule has 1 atom stereocenters. The number of halogens is 3. The second kappa shape index (κ2) is 8.43. The molecule has 1 aromatic carbocycles. The van der Waals surface area contributed by atoms with Crippen LogP contribution in [0.25, 0.3) is 0 Å². The Bertz CT molecular complexity index is 517. The van der Waals surface area contributed by atoms with Crippen molar-refractivity contribution in [3.63, 3.8) is 0 Å². The number of hydrogen-bond donors (Lipinski definition) is 1. The van der Waals surface area contributed by atoms with Gasteiger partial charge < -0.3 is 10.1 Å². The van der Waals surface area contributed by atoms with Gasteiger partial charge in [0.15, 0.2) is 0 Å². The molecule has 0 saturated carbocycles. The molecular formula is C16H21Cl3N2O2. The third-order valence-corrected chi connectivity index (χ3v) is 4.47. The van der Waals surface area contributed by atoms with E-state index >= 15 is 0 Å². The number of ether oxygens (including phenoxy) is 1. The monoisotopic (exact) mass is 378 g/mol. The van der Waals surface area contributed by atoms with Crippen LogP contribution in [-0.2, 0) is 4.79 Å². The van der Waals surface area contributed by atoms with Crippen LogP contribution in [0.2, 0.25) is 0 Å². The molecule has 1 fully saturated rings. The maximum atomic E-state index is 11.6. The molecule has 7 heteroatoms. The number of nitrogens with zero attached hydrogens (tertiary/aromatic N) is 1. The summed E-state index contributed by atoms with van der Waals surface area (Å²) in [5, 5.41) is 2.52. The molecular weight excluding hydrogens is 359 g/mol. The fraction of sp³-hybridized carbons (Fsp3) is 0.562. The molecule has 0 unspecified atom stereocenters. The lowest BCUT2D eigenvalue weighted by Gasteiger charge is -2.33. The topological polar surface area (TPSA) is 41.6 Å². The number of carbonyl (C=O) groups excluding carboxylic acids is 1. The van der Waals surface area contributed by atoms with Crippen LogP contribution in [0.15, 0.2) is 24.3 Å². The molecule has 0 aromatic heterocycles. The fourth-order valence-corrected chi connectivity index (χ4v) is 2.75. The molecule has 128 valence electrons. The number of piperidine rings is 1. The van der Waals surface area contributed by atoms with Crippen LogP contribution < -0.4 is 10.1 Å². The minimum absolute atomic E-state index is 0.554. The number of nitrogens with one attached hydrogen (secondary N) is 1. The highest BCUT2D eigenvalue weighted by Crippen LogP contribution is 2.28. The van der Waals surface area contributed by atoms with Crippen molar-refractivity contribution in [1.29, 1.82) is 0 Å². The highest BCUT2D eigenvalue weighted by molar-refractivity contribution is 6.76. The minimum Gasteiger partial charge on any atom is -0.492 e. The highest BCUT2D eigenvalue weighted by Gasteiger charge is 2.30. The smallest absolute Gasteiger partial charge is 0.276 e. The van der Waals surface area contributed by atoms with Gasteiger partial charge >= 0.3 is 0 Å². The number of alkyl halides is 3. The zero-order valence-electron chi connectivity index (χ0n) is 13.0. The van der Waals surface area contributed by atoms with Crippen LogP contribution in [0.3, 0.4) is 0 Å². The summed E-state index contributed by atoms with van der Waals surface area (Å²) >= 11 is 16.5. The van der Waals surface area contributed by atoms with Gasteiger partial charge in [-0.3, -0.25) is 9.69 Å². The average molecular weight is 380 g/mol. The van der Waals surface area contributed by atoms with E-state index in [0.29, 0.717) is 18.3 Å². The van der Waals surface area contributed by atoms with Gasteiger partial charge in [0.2, 0.25) is 0 Å². The Hall–Kier alpha value is -0.680. The Morgan fingerprint density at radius 3 is 2.61 bits per heavy atom. The first-order chi connectivity index (χ1) is 10.9. The molecule has 1 N–H and O–H groups in total. The Morgan fingerprint density at radius 2 is 2.00 bits per heavy atom. The van der Waals surface area contributed by atoms with Crippen molar-refractivity contribution in [2.24, 2.45) is 0 Å². The minimum atomic E-state index is -1.97. The third-order valence-electron chi connectivity index (χ3n) is 3.96. The number of benzene rings is 1. The van der Waals surface area contributed by atoms with E-state index in [0.717, 1.165) is 18.8 Å². The first-order valence-electron chi connectivity index (χ1n) is 7.71. The Balaban J connectivity index is 1.77. The molecule has 1 amide bonds. The number of likely N-dealkylation sites (tertiary alicyclic amines) is 1. The van der Waals surface area contributed by atoms with Crippen LogP contribution in [0.5, 0.6) is 5.75 Å². The molecule has 1 aromatic rings. The second-order valence-electron chi connectivity index (χ2n) is 5.71. The number of hydrogen-bond acceptors (Lipinski definition) is 3.